The molecule has 0 saturated carbocycles. The summed E-state index contributed by atoms with van der Waals surface area (Å²) in [7, 11) is 0. The van der Waals surface area contributed by atoms with Crippen LogP contribution in [0, 0.1) is 6.92 Å². The maximum absolute atomic E-state index is 9.23. The van der Waals surface area contributed by atoms with Crippen molar-refractivity contribution in [3.63, 3.8) is 0 Å². The van der Waals surface area contributed by atoms with Crippen molar-refractivity contribution in [3.05, 3.63) is 39.6 Å². The summed E-state index contributed by atoms with van der Waals surface area (Å²) in [5.74, 6) is 0.587. The van der Waals surface area contributed by atoms with E-state index in [4.69, 9.17) is 27.7 Å². The number of aliphatic hydroxyl groups excluding tert-OH is 1. The van der Waals surface area contributed by atoms with Crippen molar-refractivity contribution >= 4 is 23.2 Å². The van der Waals surface area contributed by atoms with E-state index in [0.717, 1.165) is 0 Å². The molecule has 84 valence electrons. The molecular formula is C11H9Cl2NO2. The zero-order valence-corrected chi connectivity index (χ0v) is 10.0. The van der Waals surface area contributed by atoms with E-state index >= 15 is 0 Å². The standard InChI is InChI=1S/C11H9Cl2NO2/c1-6-9(5-15)11(14-16-6)8-3-2-7(12)4-10(8)13/h2-4,15H,5H2,1H3. The molecule has 0 saturated heterocycles. The summed E-state index contributed by atoms with van der Waals surface area (Å²) >= 11 is 11.9. The summed E-state index contributed by atoms with van der Waals surface area (Å²) in [6.07, 6.45) is 0. The number of nitrogens with zero attached hydrogens (tertiary/aromatic N) is 1. The molecule has 5 heteroatoms. The van der Waals surface area contributed by atoms with Crippen molar-refractivity contribution < 1.29 is 9.63 Å². The lowest BCUT2D eigenvalue weighted by Crippen LogP contribution is -1.89. The third-order valence-corrected chi connectivity index (χ3v) is 2.88. The van der Waals surface area contributed by atoms with Crippen LogP contribution in [0.25, 0.3) is 11.3 Å². The molecule has 1 aromatic carbocycles. The second-order valence-corrected chi connectivity index (χ2v) is 4.19. The highest BCUT2D eigenvalue weighted by atomic mass is 35.5. The van der Waals surface area contributed by atoms with Crippen molar-refractivity contribution in [2.75, 3.05) is 0 Å². The number of hydrogen-bond acceptors (Lipinski definition) is 3. The van der Waals surface area contributed by atoms with Gasteiger partial charge in [-0.2, -0.15) is 0 Å². The van der Waals surface area contributed by atoms with Crippen molar-refractivity contribution in [2.24, 2.45) is 0 Å². The van der Waals surface area contributed by atoms with Gasteiger partial charge in [-0.15, -0.1) is 0 Å². The minimum Gasteiger partial charge on any atom is -0.391 e. The van der Waals surface area contributed by atoms with E-state index in [0.29, 0.717) is 32.6 Å². The molecule has 2 rings (SSSR count). The normalized spacial score (nSPS) is 10.8. The molecule has 0 bridgehead atoms. The number of benzene rings is 1. The van der Waals surface area contributed by atoms with Gasteiger partial charge in [-0.3, -0.25) is 0 Å². The lowest BCUT2D eigenvalue weighted by molar-refractivity contribution is 0.278. The Hall–Kier alpha value is -1.03. The summed E-state index contributed by atoms with van der Waals surface area (Å²) < 4.78 is 5.02. The highest BCUT2D eigenvalue weighted by molar-refractivity contribution is 6.36. The molecule has 0 radical (unpaired) electrons. The smallest absolute Gasteiger partial charge is 0.139 e. The van der Waals surface area contributed by atoms with Gasteiger partial charge in [0.1, 0.15) is 11.5 Å². The molecule has 1 N–H and O–H groups in total. The maximum atomic E-state index is 9.23. The Kier molecular flexibility index (Phi) is 3.19. The Balaban J connectivity index is 2.58. The summed E-state index contributed by atoms with van der Waals surface area (Å²) in [5.41, 5.74) is 1.90. The van der Waals surface area contributed by atoms with Crippen LogP contribution in [0.2, 0.25) is 10.0 Å². The second-order valence-electron chi connectivity index (χ2n) is 3.35. The minimum absolute atomic E-state index is 0.135. The molecule has 1 heterocycles. The van der Waals surface area contributed by atoms with E-state index in [2.05, 4.69) is 5.16 Å². The highest BCUT2D eigenvalue weighted by Crippen LogP contribution is 2.32. The van der Waals surface area contributed by atoms with Crippen LogP contribution in [0.4, 0.5) is 0 Å². The number of aliphatic hydroxyl groups is 1. The van der Waals surface area contributed by atoms with Crippen LogP contribution in [0.3, 0.4) is 0 Å². The minimum atomic E-state index is -0.135. The molecule has 0 aliphatic heterocycles. The Labute approximate surface area is 103 Å². The Bertz CT molecular complexity index is 523. The van der Waals surface area contributed by atoms with Gasteiger partial charge in [-0.05, 0) is 25.1 Å². The third-order valence-electron chi connectivity index (χ3n) is 2.33. The van der Waals surface area contributed by atoms with E-state index in [1.165, 1.54) is 0 Å². The van der Waals surface area contributed by atoms with Gasteiger partial charge in [0.15, 0.2) is 0 Å². The van der Waals surface area contributed by atoms with Crippen molar-refractivity contribution in [2.45, 2.75) is 13.5 Å². The fourth-order valence-electron chi connectivity index (χ4n) is 1.47. The van der Waals surface area contributed by atoms with E-state index in [1.807, 2.05) is 0 Å². The molecule has 0 fully saturated rings. The van der Waals surface area contributed by atoms with Gasteiger partial charge in [0.05, 0.1) is 11.6 Å². The van der Waals surface area contributed by atoms with Gasteiger partial charge in [0.2, 0.25) is 0 Å². The quantitative estimate of drug-likeness (QED) is 0.897. The van der Waals surface area contributed by atoms with Gasteiger partial charge < -0.3 is 9.63 Å². The fraction of sp³-hybridized carbons (Fsp3) is 0.182. The zero-order valence-electron chi connectivity index (χ0n) is 8.50. The molecular weight excluding hydrogens is 249 g/mol. The van der Waals surface area contributed by atoms with Gasteiger partial charge in [0.25, 0.3) is 0 Å². The van der Waals surface area contributed by atoms with E-state index in [-0.39, 0.29) is 6.61 Å². The van der Waals surface area contributed by atoms with Crippen molar-refractivity contribution in [1.29, 1.82) is 0 Å². The van der Waals surface area contributed by atoms with Gasteiger partial charge >= 0.3 is 0 Å². The number of halogens is 2. The van der Waals surface area contributed by atoms with Gasteiger partial charge in [-0.1, -0.05) is 28.4 Å². The Morgan fingerprint density at radius 1 is 1.38 bits per heavy atom. The SMILES string of the molecule is Cc1onc(-c2ccc(Cl)cc2Cl)c1CO. The lowest BCUT2D eigenvalue weighted by atomic mass is 10.1. The second kappa shape index (κ2) is 4.45. The van der Waals surface area contributed by atoms with Crippen LogP contribution in [-0.4, -0.2) is 10.3 Å². The largest absolute Gasteiger partial charge is 0.391 e. The maximum Gasteiger partial charge on any atom is 0.139 e. The molecule has 0 amide bonds. The third kappa shape index (κ3) is 1.94. The van der Waals surface area contributed by atoms with Crippen LogP contribution < -0.4 is 0 Å². The zero-order chi connectivity index (χ0) is 11.7. The summed E-state index contributed by atoms with van der Waals surface area (Å²) in [6.45, 7) is 1.61. The predicted molar refractivity (Wildman–Crippen MR) is 62.6 cm³/mol. The van der Waals surface area contributed by atoms with E-state index in [1.54, 1.807) is 25.1 Å². The monoisotopic (exact) mass is 257 g/mol. The predicted octanol–water partition coefficient (Wildman–Crippen LogP) is 3.45. The summed E-state index contributed by atoms with van der Waals surface area (Å²) in [4.78, 5) is 0. The molecule has 0 unspecified atom stereocenters. The number of rotatable bonds is 2. The Morgan fingerprint density at radius 3 is 2.75 bits per heavy atom. The fourth-order valence-corrected chi connectivity index (χ4v) is 1.97. The molecule has 2 aromatic rings. The van der Waals surface area contributed by atoms with Crippen LogP contribution >= 0.6 is 23.2 Å². The summed E-state index contributed by atoms with van der Waals surface area (Å²) in [6, 6.07) is 5.10. The van der Waals surface area contributed by atoms with Gasteiger partial charge in [0, 0.05) is 16.1 Å². The van der Waals surface area contributed by atoms with Crippen molar-refractivity contribution in [3.8, 4) is 11.3 Å². The Morgan fingerprint density at radius 2 is 2.12 bits per heavy atom. The highest BCUT2D eigenvalue weighted by Gasteiger charge is 2.16. The average molecular weight is 258 g/mol. The first-order valence-electron chi connectivity index (χ1n) is 4.65. The van der Waals surface area contributed by atoms with E-state index < -0.39 is 0 Å². The van der Waals surface area contributed by atoms with E-state index in [9.17, 15) is 5.11 Å². The number of aromatic nitrogens is 1. The molecule has 0 aliphatic rings. The summed E-state index contributed by atoms with van der Waals surface area (Å²) in [5, 5.41) is 14.1. The molecule has 0 spiro atoms. The molecule has 0 atom stereocenters. The lowest BCUT2D eigenvalue weighted by Gasteiger charge is -2.02. The number of aryl methyl sites for hydroxylation is 1. The first-order chi connectivity index (χ1) is 7.63. The van der Waals surface area contributed by atoms with Crippen LogP contribution in [0.15, 0.2) is 22.7 Å². The molecule has 16 heavy (non-hydrogen) atoms. The number of hydrogen-bond donors (Lipinski definition) is 1. The molecule has 1 aromatic heterocycles. The first kappa shape index (κ1) is 11.5. The van der Waals surface area contributed by atoms with Crippen molar-refractivity contribution in [1.82, 2.24) is 5.16 Å². The van der Waals surface area contributed by atoms with Crippen LogP contribution in [0.1, 0.15) is 11.3 Å². The van der Waals surface area contributed by atoms with Crippen LogP contribution in [-0.2, 0) is 6.61 Å². The first-order valence-corrected chi connectivity index (χ1v) is 5.40. The topological polar surface area (TPSA) is 46.3 Å². The molecule has 3 nitrogen and oxygen atoms in total. The van der Waals surface area contributed by atoms with Crippen LogP contribution in [0.5, 0.6) is 0 Å². The molecule has 0 aliphatic carbocycles. The average Bonchev–Trinajstić information content (AvgIpc) is 2.59. The van der Waals surface area contributed by atoms with Gasteiger partial charge in [-0.25, -0.2) is 0 Å².